The van der Waals surface area contributed by atoms with Gasteiger partial charge in [0.1, 0.15) is 13.3 Å². The molecule has 0 aromatic heterocycles. The molecule has 3 heteroatoms. The van der Waals surface area contributed by atoms with Gasteiger partial charge in [0.05, 0.1) is 8.07 Å². The van der Waals surface area contributed by atoms with Crippen LogP contribution in [0, 0.1) is 23.3 Å². The summed E-state index contributed by atoms with van der Waals surface area (Å²) in [4.78, 5) is 0. The molecule has 23 heavy (non-hydrogen) atoms. The van der Waals surface area contributed by atoms with E-state index in [0.29, 0.717) is 6.42 Å². The fourth-order valence-corrected chi connectivity index (χ4v) is 4.10. The maximum atomic E-state index is 11.1. The van der Waals surface area contributed by atoms with Crippen molar-refractivity contribution in [2.45, 2.75) is 63.8 Å². The second kappa shape index (κ2) is 8.02. The monoisotopic (exact) mass is 342 g/mol. The van der Waals surface area contributed by atoms with Crippen LogP contribution in [0.3, 0.4) is 0 Å². The molecule has 0 aliphatic rings. The molecule has 0 saturated heterocycles. The summed E-state index contributed by atoms with van der Waals surface area (Å²) >= 11 is 0. The first-order valence-electron chi connectivity index (χ1n) is 8.34. The zero-order chi connectivity index (χ0) is 17.6. The summed E-state index contributed by atoms with van der Waals surface area (Å²) in [6.07, 6.45) is 2.47. The van der Waals surface area contributed by atoms with Gasteiger partial charge in [-0.25, -0.2) is 0 Å². The molecule has 0 bridgehead atoms. The number of aliphatic hydroxyl groups is 1. The van der Waals surface area contributed by atoms with E-state index in [0.717, 1.165) is 18.4 Å². The van der Waals surface area contributed by atoms with Gasteiger partial charge >= 0.3 is 0 Å². The fraction of sp³-hybridized carbons (Fsp3) is 0.500. The molecule has 0 saturated carbocycles. The van der Waals surface area contributed by atoms with Crippen molar-refractivity contribution in [1.29, 1.82) is 0 Å². The molecule has 1 atom stereocenters. The van der Waals surface area contributed by atoms with Gasteiger partial charge in [-0.15, -0.1) is 11.5 Å². The molecule has 0 fully saturated rings. The Bertz CT molecular complexity index is 615. The zero-order valence-corrected chi connectivity index (χ0v) is 17.5. The Balaban J connectivity index is 2.80. The highest BCUT2D eigenvalue weighted by atomic mass is 28.3. The molecule has 0 amide bonds. The Hall–Kier alpha value is -1.27. The molecule has 1 N–H and O–H groups in total. The number of rotatable bonds is 4. The predicted octanol–water partition coefficient (Wildman–Crippen LogP) is 4.70. The van der Waals surface area contributed by atoms with Crippen LogP contribution in [0.15, 0.2) is 30.3 Å². The normalized spacial score (nSPS) is 14.0. The van der Waals surface area contributed by atoms with Crippen molar-refractivity contribution in [2.75, 3.05) is 0 Å². The minimum Gasteiger partial charge on any atom is -0.381 e. The topological polar surface area (TPSA) is 20.2 Å². The molecule has 1 aromatic carbocycles. The summed E-state index contributed by atoms with van der Waals surface area (Å²) in [7, 11) is -3.11. The SMILES string of the molecule is C[Si](C)(C)C#CCCC[C@](O)(C#Cc1ccccc1)[Si](C)(C)C. The quantitative estimate of drug-likeness (QED) is 0.478. The molecule has 0 spiro atoms. The third kappa shape index (κ3) is 7.23. The lowest BCUT2D eigenvalue weighted by Gasteiger charge is -2.34. The van der Waals surface area contributed by atoms with Gasteiger partial charge in [-0.3, -0.25) is 0 Å². The van der Waals surface area contributed by atoms with E-state index in [9.17, 15) is 5.11 Å². The number of benzene rings is 1. The molecule has 0 heterocycles. The van der Waals surface area contributed by atoms with Crippen molar-refractivity contribution in [2.24, 2.45) is 0 Å². The Morgan fingerprint density at radius 1 is 1.00 bits per heavy atom. The standard InChI is InChI=1S/C20H30OSi2/c1-22(2,3)18-12-8-11-16-20(21,23(4,5)6)17-15-19-13-9-7-10-14-19/h7,9-10,13-14,21H,8,11,16H2,1-6H3/t20-/m1/s1. The van der Waals surface area contributed by atoms with Crippen LogP contribution in [0.2, 0.25) is 39.3 Å². The van der Waals surface area contributed by atoms with Crippen LogP contribution < -0.4 is 0 Å². The zero-order valence-electron chi connectivity index (χ0n) is 15.5. The highest BCUT2D eigenvalue weighted by Crippen LogP contribution is 2.26. The summed E-state index contributed by atoms with van der Waals surface area (Å²) in [6.45, 7) is 13.3. The largest absolute Gasteiger partial charge is 0.381 e. The van der Waals surface area contributed by atoms with Crippen LogP contribution in [0.1, 0.15) is 24.8 Å². The van der Waals surface area contributed by atoms with Crippen molar-refractivity contribution in [3.05, 3.63) is 35.9 Å². The third-order valence-corrected chi connectivity index (χ3v) is 7.52. The molecule has 0 radical (unpaired) electrons. The maximum absolute atomic E-state index is 11.1. The van der Waals surface area contributed by atoms with Crippen LogP contribution >= 0.6 is 0 Å². The van der Waals surface area contributed by atoms with Gasteiger partial charge in [0.2, 0.25) is 0 Å². The first-order chi connectivity index (χ1) is 10.5. The van der Waals surface area contributed by atoms with E-state index in [1.54, 1.807) is 0 Å². The first kappa shape index (κ1) is 19.8. The molecular weight excluding hydrogens is 312 g/mol. The van der Waals surface area contributed by atoms with Crippen molar-refractivity contribution in [3.63, 3.8) is 0 Å². The minimum absolute atomic E-state index is 0.711. The van der Waals surface area contributed by atoms with E-state index in [4.69, 9.17) is 0 Å². The average molecular weight is 343 g/mol. The highest BCUT2D eigenvalue weighted by molar-refractivity contribution is 6.83. The first-order valence-corrected chi connectivity index (χ1v) is 15.3. The van der Waals surface area contributed by atoms with Crippen molar-refractivity contribution in [1.82, 2.24) is 0 Å². The molecule has 124 valence electrons. The lowest BCUT2D eigenvalue weighted by molar-refractivity contribution is 0.163. The summed E-state index contributed by atoms with van der Waals surface area (Å²) in [5.41, 5.74) is 4.35. The van der Waals surface area contributed by atoms with Crippen LogP contribution in [0.4, 0.5) is 0 Å². The number of hydrogen-bond acceptors (Lipinski definition) is 1. The summed E-state index contributed by atoms with van der Waals surface area (Å²) in [6, 6.07) is 9.90. The van der Waals surface area contributed by atoms with E-state index >= 15 is 0 Å². The van der Waals surface area contributed by atoms with Crippen LogP contribution in [0.25, 0.3) is 0 Å². The number of hydrogen-bond donors (Lipinski definition) is 1. The smallest absolute Gasteiger partial charge is 0.129 e. The summed E-state index contributed by atoms with van der Waals surface area (Å²) < 4.78 is 0. The molecule has 0 aliphatic heterocycles. The molecule has 1 aromatic rings. The van der Waals surface area contributed by atoms with Gasteiger partial charge in [-0.1, -0.05) is 69.3 Å². The van der Waals surface area contributed by atoms with Crippen molar-refractivity contribution in [3.8, 4) is 23.3 Å². The van der Waals surface area contributed by atoms with Gasteiger partial charge in [-0.05, 0) is 25.0 Å². The van der Waals surface area contributed by atoms with Gasteiger partial charge in [0.25, 0.3) is 0 Å². The second-order valence-electron chi connectivity index (χ2n) is 8.13. The Morgan fingerprint density at radius 2 is 1.61 bits per heavy atom. The van der Waals surface area contributed by atoms with E-state index in [2.05, 4.69) is 62.6 Å². The van der Waals surface area contributed by atoms with Gasteiger partial charge in [-0.2, -0.15) is 0 Å². The molecule has 0 unspecified atom stereocenters. The highest BCUT2D eigenvalue weighted by Gasteiger charge is 2.39. The lowest BCUT2D eigenvalue weighted by atomic mass is 10.1. The van der Waals surface area contributed by atoms with Gasteiger partial charge in [0.15, 0.2) is 0 Å². The van der Waals surface area contributed by atoms with E-state index in [1.165, 1.54) is 0 Å². The Labute approximate surface area is 144 Å². The minimum atomic E-state index is -1.82. The fourth-order valence-electron chi connectivity index (χ4n) is 2.08. The number of unbranched alkanes of at least 4 members (excludes halogenated alkanes) is 1. The Kier molecular flexibility index (Phi) is 6.90. The predicted molar refractivity (Wildman–Crippen MR) is 107 cm³/mol. The lowest BCUT2D eigenvalue weighted by Crippen LogP contribution is -2.51. The maximum Gasteiger partial charge on any atom is 0.129 e. The molecule has 1 nitrogen and oxygen atoms in total. The van der Waals surface area contributed by atoms with Crippen LogP contribution in [-0.4, -0.2) is 26.5 Å². The molecular formula is C20H30OSi2. The van der Waals surface area contributed by atoms with Gasteiger partial charge in [0, 0.05) is 12.0 Å². The van der Waals surface area contributed by atoms with Gasteiger partial charge < -0.3 is 5.11 Å². The molecule has 1 rings (SSSR count). The second-order valence-corrected chi connectivity index (χ2v) is 18.2. The molecule has 0 aliphatic carbocycles. The van der Waals surface area contributed by atoms with E-state index in [-0.39, 0.29) is 0 Å². The summed E-state index contributed by atoms with van der Waals surface area (Å²) in [5.74, 6) is 9.64. The van der Waals surface area contributed by atoms with Crippen LogP contribution in [0.5, 0.6) is 0 Å². The van der Waals surface area contributed by atoms with E-state index in [1.807, 2.05) is 30.3 Å². The van der Waals surface area contributed by atoms with E-state index < -0.39 is 21.4 Å². The van der Waals surface area contributed by atoms with Crippen molar-refractivity contribution >= 4 is 16.1 Å². The van der Waals surface area contributed by atoms with Crippen molar-refractivity contribution < 1.29 is 5.11 Å². The average Bonchev–Trinajstić information content (AvgIpc) is 2.43. The Morgan fingerprint density at radius 3 is 2.13 bits per heavy atom. The van der Waals surface area contributed by atoms with Crippen LogP contribution in [-0.2, 0) is 0 Å². The third-order valence-electron chi connectivity index (χ3n) is 3.73. The summed E-state index contributed by atoms with van der Waals surface area (Å²) in [5, 5.41) is 10.3.